The van der Waals surface area contributed by atoms with Crippen molar-refractivity contribution in [2.75, 3.05) is 16.6 Å². The fourth-order valence-corrected chi connectivity index (χ4v) is 4.73. The van der Waals surface area contributed by atoms with E-state index >= 15 is 0 Å². The number of imide groups is 1. The molecule has 0 spiro atoms. The van der Waals surface area contributed by atoms with Crippen LogP contribution in [0.5, 0.6) is 0 Å². The van der Waals surface area contributed by atoms with Crippen LogP contribution in [0.4, 0.5) is 11.4 Å². The van der Waals surface area contributed by atoms with Gasteiger partial charge in [-0.05, 0) is 42.5 Å². The highest BCUT2D eigenvalue weighted by Crippen LogP contribution is 2.25. The minimum absolute atomic E-state index is 0.0689. The van der Waals surface area contributed by atoms with Crippen molar-refractivity contribution in [2.45, 2.75) is 11.3 Å². The molecule has 0 aromatic heterocycles. The number of amides is 3. The Morgan fingerprint density at radius 2 is 1.52 bits per heavy atom. The molecule has 0 saturated carbocycles. The lowest BCUT2D eigenvalue weighted by Crippen LogP contribution is -2.32. The van der Waals surface area contributed by atoms with Gasteiger partial charge in [0.25, 0.3) is 21.8 Å². The molecule has 8 nitrogen and oxygen atoms in total. The van der Waals surface area contributed by atoms with Gasteiger partial charge >= 0.3 is 0 Å². The van der Waals surface area contributed by atoms with Gasteiger partial charge in [-0.2, -0.15) is 0 Å². The summed E-state index contributed by atoms with van der Waals surface area (Å²) >= 11 is 6.02. The third-order valence-electron chi connectivity index (χ3n) is 4.99. The Morgan fingerprint density at radius 1 is 0.879 bits per heavy atom. The molecule has 4 rings (SSSR count). The number of nitrogens with zero attached hydrogens (tertiary/aromatic N) is 1. The van der Waals surface area contributed by atoms with Gasteiger partial charge in [0.1, 0.15) is 0 Å². The lowest BCUT2D eigenvalue weighted by Gasteiger charge is -2.14. The first-order chi connectivity index (χ1) is 15.8. The maximum atomic E-state index is 12.7. The molecule has 3 aromatic carbocycles. The van der Waals surface area contributed by atoms with E-state index in [1.54, 1.807) is 42.5 Å². The number of anilines is 2. The van der Waals surface area contributed by atoms with E-state index in [4.69, 9.17) is 11.6 Å². The number of halogens is 1. The Hall–Kier alpha value is -3.69. The average Bonchev–Trinajstić information content (AvgIpc) is 3.04. The molecule has 0 unspecified atom stereocenters. The van der Waals surface area contributed by atoms with Crippen LogP contribution in [0.15, 0.2) is 77.7 Å². The van der Waals surface area contributed by atoms with Crippen molar-refractivity contribution in [3.63, 3.8) is 0 Å². The molecule has 0 fully saturated rings. The van der Waals surface area contributed by atoms with Gasteiger partial charge in [-0.25, -0.2) is 8.42 Å². The second-order valence-electron chi connectivity index (χ2n) is 7.22. The minimum atomic E-state index is -3.95. The van der Waals surface area contributed by atoms with Crippen molar-refractivity contribution in [3.05, 3.63) is 88.9 Å². The molecule has 168 valence electrons. The Bertz CT molecular complexity index is 1340. The van der Waals surface area contributed by atoms with Gasteiger partial charge in [0, 0.05) is 18.7 Å². The van der Waals surface area contributed by atoms with Gasteiger partial charge in [-0.3, -0.25) is 24.0 Å². The first-order valence-corrected chi connectivity index (χ1v) is 11.7. The summed E-state index contributed by atoms with van der Waals surface area (Å²) in [6.45, 7) is -0.0930. The van der Waals surface area contributed by atoms with Crippen LogP contribution >= 0.6 is 11.6 Å². The second-order valence-corrected chi connectivity index (χ2v) is 9.31. The Kier molecular flexibility index (Phi) is 6.17. The quantitative estimate of drug-likeness (QED) is 0.497. The standard InChI is InChI=1S/C23H18ClN3O5S/c24-19-10-3-4-11-20(19)26-33(31,32)16-7-5-6-15(14-16)25-21(28)12-13-27-22(29)17-8-1-2-9-18(17)23(27)30/h1-11,14,26H,12-13H2,(H,25,28). The van der Waals surface area contributed by atoms with Crippen LogP contribution in [0.2, 0.25) is 5.02 Å². The van der Waals surface area contributed by atoms with Crippen LogP contribution in [-0.4, -0.2) is 37.6 Å². The number of para-hydroxylation sites is 1. The van der Waals surface area contributed by atoms with E-state index in [-0.39, 0.29) is 34.3 Å². The summed E-state index contributed by atoms with van der Waals surface area (Å²) in [4.78, 5) is 38.2. The number of hydrogen-bond acceptors (Lipinski definition) is 5. The van der Waals surface area contributed by atoms with Gasteiger partial charge in [0.2, 0.25) is 5.91 Å². The van der Waals surface area contributed by atoms with Crippen LogP contribution in [0.3, 0.4) is 0 Å². The predicted molar refractivity (Wildman–Crippen MR) is 124 cm³/mol. The number of benzene rings is 3. The van der Waals surface area contributed by atoms with E-state index in [0.29, 0.717) is 11.1 Å². The average molecular weight is 484 g/mol. The minimum Gasteiger partial charge on any atom is -0.326 e. The summed E-state index contributed by atoms with van der Waals surface area (Å²) in [6.07, 6.45) is -0.139. The van der Waals surface area contributed by atoms with Crippen LogP contribution < -0.4 is 10.0 Å². The number of carbonyl (C=O) groups is 3. The molecule has 1 heterocycles. The number of nitrogens with one attached hydrogen (secondary N) is 2. The normalized spacial score (nSPS) is 13.1. The number of sulfonamides is 1. The summed E-state index contributed by atoms with van der Waals surface area (Å²) in [6, 6.07) is 18.6. The fourth-order valence-electron chi connectivity index (χ4n) is 3.37. The van der Waals surface area contributed by atoms with Crippen molar-refractivity contribution < 1.29 is 22.8 Å². The second kappa shape index (κ2) is 9.05. The Balaban J connectivity index is 1.40. The molecule has 0 aliphatic carbocycles. The Morgan fingerprint density at radius 3 is 2.18 bits per heavy atom. The fraction of sp³-hybridized carbons (Fsp3) is 0.0870. The smallest absolute Gasteiger partial charge is 0.262 e. The molecule has 0 saturated heterocycles. The highest BCUT2D eigenvalue weighted by Gasteiger charge is 2.34. The number of fused-ring (bicyclic) bond motifs is 1. The Labute approximate surface area is 195 Å². The zero-order valence-corrected chi connectivity index (χ0v) is 18.7. The van der Waals surface area contributed by atoms with Crippen molar-refractivity contribution in [1.29, 1.82) is 0 Å². The first-order valence-electron chi connectivity index (χ1n) is 9.89. The zero-order valence-electron chi connectivity index (χ0n) is 17.1. The van der Waals surface area contributed by atoms with Crippen LogP contribution in [0.25, 0.3) is 0 Å². The highest BCUT2D eigenvalue weighted by atomic mass is 35.5. The first kappa shape index (κ1) is 22.5. The molecule has 1 aliphatic rings. The summed E-state index contributed by atoms with van der Waals surface area (Å²) in [7, 11) is -3.95. The maximum Gasteiger partial charge on any atom is 0.262 e. The van der Waals surface area contributed by atoms with Crippen LogP contribution in [-0.2, 0) is 14.8 Å². The number of hydrogen-bond donors (Lipinski definition) is 2. The zero-order chi connectivity index (χ0) is 23.6. The molecule has 3 amide bonds. The van der Waals surface area contributed by atoms with E-state index in [9.17, 15) is 22.8 Å². The van der Waals surface area contributed by atoms with Crippen molar-refractivity contribution >= 4 is 50.7 Å². The summed E-state index contributed by atoms with van der Waals surface area (Å²) in [5.74, 6) is -1.36. The number of carbonyl (C=O) groups excluding carboxylic acids is 3. The van der Waals surface area contributed by atoms with Crippen LogP contribution in [0, 0.1) is 0 Å². The molecule has 0 atom stereocenters. The van der Waals surface area contributed by atoms with E-state index in [1.807, 2.05) is 0 Å². The molecule has 0 radical (unpaired) electrons. The summed E-state index contributed by atoms with van der Waals surface area (Å²) in [5.41, 5.74) is 1.11. The summed E-state index contributed by atoms with van der Waals surface area (Å²) < 4.78 is 27.8. The SMILES string of the molecule is O=C(CCN1C(=O)c2ccccc2C1=O)Nc1cccc(S(=O)(=O)Nc2ccccc2Cl)c1. The third kappa shape index (κ3) is 4.74. The monoisotopic (exact) mass is 483 g/mol. The van der Waals surface area contributed by atoms with Gasteiger partial charge in [0.15, 0.2) is 0 Å². The molecule has 2 N–H and O–H groups in total. The van der Waals surface area contributed by atoms with Gasteiger partial charge in [0.05, 0.1) is 26.7 Å². The van der Waals surface area contributed by atoms with Gasteiger partial charge < -0.3 is 5.32 Å². The van der Waals surface area contributed by atoms with Crippen molar-refractivity contribution in [1.82, 2.24) is 4.90 Å². The maximum absolute atomic E-state index is 12.7. The molecular formula is C23H18ClN3O5S. The number of rotatable bonds is 7. The van der Waals surface area contributed by atoms with Crippen molar-refractivity contribution in [2.24, 2.45) is 0 Å². The molecule has 1 aliphatic heterocycles. The van der Waals surface area contributed by atoms with E-state index in [2.05, 4.69) is 10.0 Å². The molecule has 3 aromatic rings. The summed E-state index contributed by atoms with van der Waals surface area (Å²) in [5, 5.41) is 2.85. The molecule has 33 heavy (non-hydrogen) atoms. The highest BCUT2D eigenvalue weighted by molar-refractivity contribution is 7.92. The van der Waals surface area contributed by atoms with Gasteiger partial charge in [-0.15, -0.1) is 0 Å². The van der Waals surface area contributed by atoms with Crippen molar-refractivity contribution in [3.8, 4) is 0 Å². The van der Waals surface area contributed by atoms with E-state index in [1.165, 1.54) is 30.3 Å². The third-order valence-corrected chi connectivity index (χ3v) is 6.68. The lowest BCUT2D eigenvalue weighted by molar-refractivity contribution is -0.116. The van der Waals surface area contributed by atoms with E-state index in [0.717, 1.165) is 4.90 Å². The molecule has 0 bridgehead atoms. The topological polar surface area (TPSA) is 113 Å². The lowest BCUT2D eigenvalue weighted by atomic mass is 10.1. The molecule has 10 heteroatoms. The van der Waals surface area contributed by atoms with Gasteiger partial charge in [-0.1, -0.05) is 41.9 Å². The largest absolute Gasteiger partial charge is 0.326 e. The predicted octanol–water partition coefficient (Wildman–Crippen LogP) is 3.77. The van der Waals surface area contributed by atoms with E-state index < -0.39 is 27.7 Å². The molecular weight excluding hydrogens is 466 g/mol. The van der Waals surface area contributed by atoms with Crippen LogP contribution in [0.1, 0.15) is 27.1 Å².